The number of nitrogens with zero attached hydrogens (tertiary/aromatic N) is 1. The Morgan fingerprint density at radius 2 is 2.36 bits per heavy atom. The molecule has 0 spiro atoms. The zero-order valence-electron chi connectivity index (χ0n) is 8.01. The van der Waals surface area contributed by atoms with Crippen LogP contribution in [0.3, 0.4) is 0 Å². The van der Waals surface area contributed by atoms with Gasteiger partial charge in [-0.25, -0.2) is 4.98 Å². The number of hydrogen-bond donors (Lipinski definition) is 1. The topological polar surface area (TPSA) is 42.4 Å². The van der Waals surface area contributed by atoms with Crippen molar-refractivity contribution in [1.29, 1.82) is 0 Å². The summed E-state index contributed by atoms with van der Waals surface area (Å²) in [5, 5.41) is 10.8. The molecule has 76 valence electrons. The largest absolute Gasteiger partial charge is 0.389 e. The van der Waals surface area contributed by atoms with Gasteiger partial charge in [-0.3, -0.25) is 0 Å². The van der Waals surface area contributed by atoms with Crippen molar-refractivity contribution >= 4 is 11.8 Å². The second kappa shape index (κ2) is 4.29. The van der Waals surface area contributed by atoms with E-state index in [1.807, 2.05) is 12.1 Å². The predicted octanol–water partition coefficient (Wildman–Crippen LogP) is 1.63. The maximum atomic E-state index is 9.29. The number of thioether (sulfide) groups is 1. The molecule has 2 heterocycles. The summed E-state index contributed by atoms with van der Waals surface area (Å²) in [6.45, 7) is 3.39. The highest BCUT2D eigenvalue weighted by atomic mass is 32.2. The SMILES string of the molecule is C[C@@H](O)c1ccc(SC2COC2)nc1. The van der Waals surface area contributed by atoms with Gasteiger partial charge in [0.05, 0.1) is 29.6 Å². The highest BCUT2D eigenvalue weighted by Gasteiger charge is 2.19. The molecule has 3 nitrogen and oxygen atoms in total. The van der Waals surface area contributed by atoms with Crippen molar-refractivity contribution in [1.82, 2.24) is 4.98 Å². The summed E-state index contributed by atoms with van der Waals surface area (Å²) in [4.78, 5) is 4.27. The molecule has 0 unspecified atom stereocenters. The normalized spacial score (nSPS) is 19.0. The zero-order chi connectivity index (χ0) is 9.97. The van der Waals surface area contributed by atoms with Crippen LogP contribution in [-0.4, -0.2) is 28.6 Å². The molecule has 14 heavy (non-hydrogen) atoms. The number of pyridine rings is 1. The molecule has 1 aliphatic heterocycles. The first-order valence-corrected chi connectivity index (χ1v) is 5.52. The van der Waals surface area contributed by atoms with Gasteiger partial charge in [-0.2, -0.15) is 0 Å². The number of aliphatic hydroxyl groups excluding tert-OH is 1. The van der Waals surface area contributed by atoms with Crippen LogP contribution < -0.4 is 0 Å². The number of aromatic nitrogens is 1. The third-order valence-corrected chi connectivity index (χ3v) is 3.23. The Morgan fingerprint density at radius 1 is 1.57 bits per heavy atom. The zero-order valence-corrected chi connectivity index (χ0v) is 8.83. The van der Waals surface area contributed by atoms with Gasteiger partial charge < -0.3 is 9.84 Å². The van der Waals surface area contributed by atoms with Crippen molar-refractivity contribution in [2.24, 2.45) is 0 Å². The van der Waals surface area contributed by atoms with Crippen LogP contribution in [0.5, 0.6) is 0 Å². The summed E-state index contributed by atoms with van der Waals surface area (Å²) >= 11 is 1.73. The molecule has 1 N–H and O–H groups in total. The Balaban J connectivity index is 1.98. The molecule has 4 heteroatoms. The number of hydrogen-bond acceptors (Lipinski definition) is 4. The van der Waals surface area contributed by atoms with Gasteiger partial charge in [0.2, 0.25) is 0 Å². The van der Waals surface area contributed by atoms with Crippen LogP contribution in [-0.2, 0) is 4.74 Å². The summed E-state index contributed by atoms with van der Waals surface area (Å²) < 4.78 is 5.08. The molecular formula is C10H13NO2S. The van der Waals surface area contributed by atoms with Crippen LogP contribution in [0.4, 0.5) is 0 Å². The molecule has 1 aromatic rings. The van der Waals surface area contributed by atoms with Crippen LogP contribution in [0.15, 0.2) is 23.4 Å². The first kappa shape index (κ1) is 9.96. The van der Waals surface area contributed by atoms with E-state index in [1.165, 1.54) is 0 Å². The molecule has 1 saturated heterocycles. The Bertz CT molecular complexity index is 295. The van der Waals surface area contributed by atoms with Gasteiger partial charge in [0.1, 0.15) is 0 Å². The van der Waals surface area contributed by atoms with Gasteiger partial charge in [0, 0.05) is 6.20 Å². The molecule has 2 rings (SSSR count). The Morgan fingerprint density at radius 3 is 2.79 bits per heavy atom. The first-order valence-electron chi connectivity index (χ1n) is 4.64. The predicted molar refractivity (Wildman–Crippen MR) is 55.3 cm³/mol. The van der Waals surface area contributed by atoms with Crippen molar-refractivity contribution in [3.63, 3.8) is 0 Å². The third kappa shape index (κ3) is 2.26. The van der Waals surface area contributed by atoms with E-state index in [4.69, 9.17) is 4.74 Å². The Labute approximate surface area is 87.5 Å². The fourth-order valence-electron chi connectivity index (χ4n) is 1.16. The first-order chi connectivity index (χ1) is 6.75. The third-order valence-electron chi connectivity index (χ3n) is 2.14. The second-order valence-electron chi connectivity index (χ2n) is 3.38. The smallest absolute Gasteiger partial charge is 0.0964 e. The molecule has 1 fully saturated rings. The fraction of sp³-hybridized carbons (Fsp3) is 0.500. The van der Waals surface area contributed by atoms with E-state index in [0.717, 1.165) is 23.8 Å². The average molecular weight is 211 g/mol. The molecule has 0 radical (unpaired) electrons. The molecular weight excluding hydrogens is 198 g/mol. The minimum absolute atomic E-state index is 0.436. The Kier molecular flexibility index (Phi) is 3.05. The minimum atomic E-state index is -0.436. The average Bonchev–Trinajstić information content (AvgIpc) is 2.12. The van der Waals surface area contributed by atoms with Gasteiger partial charge in [0.25, 0.3) is 0 Å². The standard InChI is InChI=1S/C10H13NO2S/c1-7(12)8-2-3-10(11-4-8)14-9-5-13-6-9/h2-4,7,9,12H,5-6H2,1H3/t7-/m1/s1. The van der Waals surface area contributed by atoms with Crippen LogP contribution in [0.25, 0.3) is 0 Å². The maximum absolute atomic E-state index is 9.29. The lowest BCUT2D eigenvalue weighted by molar-refractivity contribution is 0.0454. The molecule has 0 saturated carbocycles. The summed E-state index contributed by atoms with van der Waals surface area (Å²) in [6.07, 6.45) is 1.29. The summed E-state index contributed by atoms with van der Waals surface area (Å²) in [7, 11) is 0. The summed E-state index contributed by atoms with van der Waals surface area (Å²) in [6, 6.07) is 3.87. The second-order valence-corrected chi connectivity index (χ2v) is 4.70. The van der Waals surface area contributed by atoms with Gasteiger partial charge in [0.15, 0.2) is 0 Å². The lowest BCUT2D eigenvalue weighted by Gasteiger charge is -2.24. The summed E-state index contributed by atoms with van der Waals surface area (Å²) in [5.74, 6) is 0. The Hall–Kier alpha value is -0.580. The highest BCUT2D eigenvalue weighted by molar-refractivity contribution is 8.00. The van der Waals surface area contributed by atoms with Crippen LogP contribution in [0, 0.1) is 0 Å². The van der Waals surface area contributed by atoms with Crippen LogP contribution in [0.1, 0.15) is 18.6 Å². The van der Waals surface area contributed by atoms with Crippen molar-refractivity contribution in [2.45, 2.75) is 23.3 Å². The quantitative estimate of drug-likeness (QED) is 0.825. The lowest BCUT2D eigenvalue weighted by atomic mass is 10.2. The van der Waals surface area contributed by atoms with Crippen LogP contribution >= 0.6 is 11.8 Å². The van der Waals surface area contributed by atoms with Gasteiger partial charge in [-0.1, -0.05) is 17.8 Å². The molecule has 0 amide bonds. The molecule has 1 aliphatic rings. The number of ether oxygens (including phenoxy) is 1. The van der Waals surface area contributed by atoms with Crippen molar-refractivity contribution in [2.75, 3.05) is 13.2 Å². The van der Waals surface area contributed by atoms with Crippen molar-refractivity contribution < 1.29 is 9.84 Å². The fourth-order valence-corrected chi connectivity index (χ4v) is 2.09. The van der Waals surface area contributed by atoms with E-state index >= 15 is 0 Å². The van der Waals surface area contributed by atoms with Gasteiger partial charge in [-0.05, 0) is 18.6 Å². The molecule has 1 aromatic heterocycles. The van der Waals surface area contributed by atoms with Crippen LogP contribution in [0.2, 0.25) is 0 Å². The lowest BCUT2D eigenvalue weighted by Crippen LogP contribution is -2.30. The maximum Gasteiger partial charge on any atom is 0.0964 e. The number of aliphatic hydroxyl groups is 1. The van der Waals surface area contributed by atoms with E-state index in [1.54, 1.807) is 24.9 Å². The highest BCUT2D eigenvalue weighted by Crippen LogP contribution is 2.26. The minimum Gasteiger partial charge on any atom is -0.389 e. The monoisotopic (exact) mass is 211 g/mol. The molecule has 0 bridgehead atoms. The summed E-state index contributed by atoms with van der Waals surface area (Å²) in [5.41, 5.74) is 0.860. The van der Waals surface area contributed by atoms with E-state index in [-0.39, 0.29) is 0 Å². The van der Waals surface area contributed by atoms with E-state index in [0.29, 0.717) is 5.25 Å². The van der Waals surface area contributed by atoms with Gasteiger partial charge >= 0.3 is 0 Å². The van der Waals surface area contributed by atoms with E-state index in [9.17, 15) is 5.11 Å². The molecule has 0 aromatic carbocycles. The number of rotatable bonds is 3. The molecule has 1 atom stereocenters. The molecule has 0 aliphatic carbocycles. The van der Waals surface area contributed by atoms with Crippen molar-refractivity contribution in [3.8, 4) is 0 Å². The van der Waals surface area contributed by atoms with E-state index < -0.39 is 6.10 Å². The van der Waals surface area contributed by atoms with Gasteiger partial charge in [-0.15, -0.1) is 0 Å². The van der Waals surface area contributed by atoms with Crippen molar-refractivity contribution in [3.05, 3.63) is 23.9 Å². The van der Waals surface area contributed by atoms with E-state index in [2.05, 4.69) is 4.98 Å².